The summed E-state index contributed by atoms with van der Waals surface area (Å²) in [7, 11) is -3.95. The van der Waals surface area contributed by atoms with Gasteiger partial charge in [0.25, 0.3) is 0 Å². The Balaban J connectivity index is 0.00000480. The molecule has 2 rings (SSSR count). The molecule has 0 unspecified atom stereocenters. The van der Waals surface area contributed by atoms with Gasteiger partial charge in [0.15, 0.2) is 0 Å². The first-order valence-electron chi connectivity index (χ1n) is 9.53. The van der Waals surface area contributed by atoms with Crippen molar-refractivity contribution >= 4 is 32.8 Å². The quantitative estimate of drug-likeness (QED) is 0.128. The van der Waals surface area contributed by atoms with E-state index in [2.05, 4.69) is 9.71 Å². The number of guanidine groups is 1. The molecule has 0 aliphatic heterocycles. The number of hydrogen-bond donors (Lipinski definition) is 4. The second kappa shape index (κ2) is 11.5. The van der Waals surface area contributed by atoms with Crippen LogP contribution in [0, 0.1) is 0 Å². The molecule has 31 heavy (non-hydrogen) atoms. The van der Waals surface area contributed by atoms with Crippen LogP contribution < -0.4 is 33.6 Å². The van der Waals surface area contributed by atoms with Crippen molar-refractivity contribution in [1.82, 2.24) is 4.72 Å². The van der Waals surface area contributed by atoms with Gasteiger partial charge in [-0.05, 0) is 47.7 Å². The van der Waals surface area contributed by atoms with Crippen molar-refractivity contribution < 1.29 is 30.6 Å². The molecule has 0 radical (unpaired) electrons. The van der Waals surface area contributed by atoms with Crippen molar-refractivity contribution in [2.75, 3.05) is 6.54 Å². The molecule has 2 aromatic carbocycles. The summed E-state index contributed by atoms with van der Waals surface area (Å²) < 4.78 is 28.3. The van der Waals surface area contributed by atoms with E-state index in [0.29, 0.717) is 13.0 Å². The maximum atomic E-state index is 12.9. The van der Waals surface area contributed by atoms with E-state index in [9.17, 15) is 13.2 Å². The van der Waals surface area contributed by atoms with Gasteiger partial charge < -0.3 is 12.4 Å². The monoisotopic (exact) mass is 486 g/mol. The first-order valence-corrected chi connectivity index (χ1v) is 11.4. The lowest BCUT2D eigenvalue weighted by Crippen LogP contribution is -3.00. The van der Waals surface area contributed by atoms with Crippen molar-refractivity contribution in [3.05, 3.63) is 65.7 Å². The summed E-state index contributed by atoms with van der Waals surface area (Å²) in [6.07, 6.45) is 0.654. The van der Waals surface area contributed by atoms with Crippen molar-refractivity contribution in [3.63, 3.8) is 0 Å². The third-order valence-electron chi connectivity index (χ3n) is 4.93. The number of rotatable bonds is 10. The van der Waals surface area contributed by atoms with Crippen molar-refractivity contribution in [3.8, 4) is 0 Å². The summed E-state index contributed by atoms with van der Waals surface area (Å²) in [6, 6.07) is 15.5. The Morgan fingerprint density at radius 1 is 1.10 bits per heavy atom. The minimum atomic E-state index is -3.95. The Hall–Kier alpha value is -2.13. The second-order valence-electron chi connectivity index (χ2n) is 7.52. The van der Waals surface area contributed by atoms with Gasteiger partial charge in [0, 0.05) is 5.41 Å². The zero-order chi connectivity index (χ0) is 22.4. The highest BCUT2D eigenvalue weighted by Gasteiger charge is 2.27. The fourth-order valence-corrected chi connectivity index (χ4v) is 4.59. The van der Waals surface area contributed by atoms with Crippen molar-refractivity contribution in [2.45, 2.75) is 43.0 Å². The lowest BCUT2D eigenvalue weighted by atomic mass is 9.78. The predicted molar refractivity (Wildman–Crippen MR) is 118 cm³/mol. The van der Waals surface area contributed by atoms with E-state index in [1.807, 2.05) is 50.2 Å². The Kier molecular flexibility index (Phi) is 9.96. The Morgan fingerprint density at radius 3 is 2.29 bits per heavy atom. The van der Waals surface area contributed by atoms with Crippen LogP contribution in [-0.2, 0) is 20.2 Å². The van der Waals surface area contributed by atoms with Gasteiger partial charge in [0.2, 0.25) is 15.3 Å². The number of carbonyl (C=O) groups excluding carboxylic acids is 1. The Labute approximate surface area is 194 Å². The number of sulfonamides is 1. The van der Waals surface area contributed by atoms with Crippen LogP contribution in [0.4, 0.5) is 0 Å². The lowest BCUT2D eigenvalue weighted by molar-refractivity contribution is -0.459. The summed E-state index contributed by atoms with van der Waals surface area (Å²) in [4.78, 5) is 14.5. The fourth-order valence-electron chi connectivity index (χ4n) is 3.09. The third kappa shape index (κ3) is 7.50. The molecule has 0 aliphatic carbocycles. The minimum absolute atomic E-state index is 0. The molecule has 0 spiro atoms. The molecule has 0 saturated carbocycles. The Morgan fingerprint density at radius 2 is 1.71 bits per heavy atom. The van der Waals surface area contributed by atoms with E-state index in [-0.39, 0.29) is 29.7 Å². The summed E-state index contributed by atoms with van der Waals surface area (Å²) in [5.74, 6) is 0.0576. The molecule has 6 N–H and O–H groups in total. The summed E-state index contributed by atoms with van der Waals surface area (Å²) in [5, 5.41) is -0.774. The number of carbonyl (C=O) groups is 1. The van der Waals surface area contributed by atoms with Crippen LogP contribution in [0.2, 0.25) is 0 Å². The van der Waals surface area contributed by atoms with E-state index >= 15 is 0 Å². The van der Waals surface area contributed by atoms with Gasteiger partial charge in [0.1, 0.15) is 0 Å². The molecule has 0 fully saturated rings. The zero-order valence-electron chi connectivity index (χ0n) is 17.4. The average Bonchev–Trinajstić information content (AvgIpc) is 2.70. The Bertz CT molecular complexity index is 1010. The SMILES string of the molecule is CC(C)(c1ccccc1)c1cccc(S(=O)(=O)N[C@@H](CCC[NH+]=C(N)N)C(=O)Cl)c1.[Cl-]. The van der Waals surface area contributed by atoms with Gasteiger partial charge in [-0.2, -0.15) is 4.72 Å². The molecular formula is C21H28Cl2N4O3S. The van der Waals surface area contributed by atoms with E-state index in [4.69, 9.17) is 23.1 Å². The molecule has 0 amide bonds. The van der Waals surface area contributed by atoms with Gasteiger partial charge in [-0.25, -0.2) is 8.42 Å². The molecule has 0 heterocycles. The normalized spacial score (nSPS) is 12.5. The van der Waals surface area contributed by atoms with Crippen LogP contribution in [0.5, 0.6) is 0 Å². The zero-order valence-corrected chi connectivity index (χ0v) is 19.8. The van der Waals surface area contributed by atoms with Crippen LogP contribution in [0.15, 0.2) is 59.5 Å². The summed E-state index contributed by atoms with van der Waals surface area (Å²) in [5.41, 5.74) is 12.1. The van der Waals surface area contributed by atoms with Crippen molar-refractivity contribution in [2.24, 2.45) is 11.5 Å². The van der Waals surface area contributed by atoms with Gasteiger partial charge in [-0.3, -0.25) is 21.3 Å². The van der Waals surface area contributed by atoms with Crippen LogP contribution >= 0.6 is 11.6 Å². The molecule has 170 valence electrons. The van der Waals surface area contributed by atoms with E-state index in [1.165, 1.54) is 6.07 Å². The highest BCUT2D eigenvalue weighted by Crippen LogP contribution is 2.32. The summed E-state index contributed by atoms with van der Waals surface area (Å²) >= 11 is 5.62. The second-order valence-corrected chi connectivity index (χ2v) is 9.61. The number of nitrogens with two attached hydrogens (primary N) is 2. The predicted octanol–water partition coefficient (Wildman–Crippen LogP) is -2.44. The van der Waals surface area contributed by atoms with Gasteiger partial charge in [-0.1, -0.05) is 56.3 Å². The fraction of sp³-hybridized carbons (Fsp3) is 0.333. The van der Waals surface area contributed by atoms with Crippen LogP contribution in [-0.4, -0.2) is 32.2 Å². The first kappa shape index (κ1) is 26.9. The standard InChI is InChI=1S/C21H27ClN4O3S.ClH/c1-21(2,15-8-4-3-5-9-15)16-10-6-11-17(14-16)30(28,29)26-18(19(22)27)12-7-13-25-20(23)24;/h3-6,8-11,14,18,26H,7,12-13H2,1-2H3,(H4,23,24,25);1H/t18-;/m0./s1. The number of benzene rings is 2. The molecule has 10 heteroatoms. The molecule has 0 saturated heterocycles. The third-order valence-corrected chi connectivity index (χ3v) is 6.66. The van der Waals surface area contributed by atoms with Gasteiger partial charge in [-0.15, -0.1) is 0 Å². The average molecular weight is 487 g/mol. The molecule has 0 aliphatic rings. The van der Waals surface area contributed by atoms with Crippen LogP contribution in [0.25, 0.3) is 0 Å². The molecule has 1 atom stereocenters. The lowest BCUT2D eigenvalue weighted by Gasteiger charge is -2.26. The minimum Gasteiger partial charge on any atom is -1.00 e. The number of halogens is 2. The van der Waals surface area contributed by atoms with Gasteiger partial charge >= 0.3 is 5.96 Å². The molecule has 7 nitrogen and oxygen atoms in total. The topological polar surface area (TPSA) is 129 Å². The largest absolute Gasteiger partial charge is 1.00 e. The van der Waals surface area contributed by atoms with E-state index in [0.717, 1.165) is 11.1 Å². The molecule has 0 aromatic heterocycles. The maximum Gasteiger partial charge on any atom is 0.338 e. The summed E-state index contributed by atoms with van der Waals surface area (Å²) in [6.45, 7) is 4.45. The highest BCUT2D eigenvalue weighted by atomic mass is 35.5. The van der Waals surface area contributed by atoms with E-state index < -0.39 is 26.7 Å². The van der Waals surface area contributed by atoms with Gasteiger partial charge in [0.05, 0.1) is 17.5 Å². The number of nitrogens with one attached hydrogen (secondary N) is 2. The highest BCUT2D eigenvalue weighted by molar-refractivity contribution is 7.89. The smallest absolute Gasteiger partial charge is 0.338 e. The van der Waals surface area contributed by atoms with Crippen LogP contribution in [0.3, 0.4) is 0 Å². The van der Waals surface area contributed by atoms with E-state index in [1.54, 1.807) is 12.1 Å². The molecular weight excluding hydrogens is 459 g/mol. The molecule has 2 aromatic rings. The first-order chi connectivity index (χ1) is 14.0. The molecule has 0 bridgehead atoms. The van der Waals surface area contributed by atoms with Crippen molar-refractivity contribution in [1.29, 1.82) is 0 Å². The van der Waals surface area contributed by atoms with Crippen LogP contribution in [0.1, 0.15) is 37.8 Å². The number of hydrogen-bond acceptors (Lipinski definition) is 3. The maximum absolute atomic E-state index is 12.9.